The molecule has 0 unspecified atom stereocenters. The molecule has 1 aromatic rings. The molecule has 16 heavy (non-hydrogen) atoms. The van der Waals surface area contributed by atoms with Gasteiger partial charge >= 0.3 is 6.21 Å². The van der Waals surface area contributed by atoms with Crippen molar-refractivity contribution in [2.75, 3.05) is 13.9 Å². The van der Waals surface area contributed by atoms with Gasteiger partial charge in [0, 0.05) is 13.5 Å². The molecular weight excluding hydrogens is 208 g/mol. The Morgan fingerprint density at radius 2 is 2.38 bits per heavy atom. The molecule has 0 heterocycles. The highest BCUT2D eigenvalue weighted by Crippen LogP contribution is 2.13. The van der Waals surface area contributed by atoms with Crippen LogP contribution in [0.2, 0.25) is 0 Å². The van der Waals surface area contributed by atoms with Crippen LogP contribution >= 0.6 is 0 Å². The Bertz CT molecular complexity index is 411. The van der Waals surface area contributed by atoms with E-state index in [4.69, 9.17) is 15.0 Å². The van der Waals surface area contributed by atoms with E-state index in [9.17, 15) is 4.79 Å². The molecule has 0 saturated carbocycles. The van der Waals surface area contributed by atoms with Gasteiger partial charge in [-0.1, -0.05) is 12.1 Å². The topological polar surface area (TPSA) is 71.9 Å². The zero-order valence-corrected chi connectivity index (χ0v) is 8.92. The molecule has 0 N–H and O–H groups in total. The first-order chi connectivity index (χ1) is 7.76. The number of nitrogens with zero attached hydrogens (tertiary/aromatic N) is 2. The lowest BCUT2D eigenvalue weighted by atomic mass is 10.1. The summed E-state index contributed by atoms with van der Waals surface area (Å²) in [5.41, 5.74) is 8.98. The number of carbonyl (C=O) groups is 1. The van der Waals surface area contributed by atoms with Gasteiger partial charge in [-0.2, -0.15) is 4.79 Å². The predicted molar refractivity (Wildman–Crippen MR) is 57.3 cm³/mol. The van der Waals surface area contributed by atoms with Gasteiger partial charge in [-0.3, -0.25) is 4.79 Å². The molecule has 0 aliphatic heterocycles. The summed E-state index contributed by atoms with van der Waals surface area (Å²) in [5, 5.41) is 0. The molecular formula is C11H12N2O3. The van der Waals surface area contributed by atoms with E-state index in [1.54, 1.807) is 24.3 Å². The van der Waals surface area contributed by atoms with Crippen LogP contribution in [0.4, 0.5) is 0 Å². The van der Waals surface area contributed by atoms with Gasteiger partial charge in [-0.05, 0) is 17.7 Å². The molecule has 0 aliphatic rings. The second-order valence-corrected chi connectivity index (χ2v) is 3.09. The lowest BCUT2D eigenvalue weighted by Gasteiger charge is -2.05. The molecule has 1 rings (SSSR count). The lowest BCUT2D eigenvalue weighted by molar-refractivity contribution is -0.115. The van der Waals surface area contributed by atoms with Crippen LogP contribution in [0, 0.1) is 0 Å². The van der Waals surface area contributed by atoms with Crippen molar-refractivity contribution >= 4 is 12.0 Å². The average Bonchev–Trinajstić information content (AvgIpc) is 2.27. The largest absolute Gasteiger partial charge is 0.468 e. The van der Waals surface area contributed by atoms with E-state index in [1.165, 1.54) is 7.11 Å². The number of hydrogen-bond donors (Lipinski definition) is 0. The smallest absolute Gasteiger partial charge is 0.323 e. The standard InChI is InChI=1S/C11H12N2O3/c1-15-8-16-11-4-2-3-9(6-11)5-10(14)7-13-12/h2-4,6-7H,5,8H2,1H3. The van der Waals surface area contributed by atoms with Crippen LogP contribution in [0.25, 0.3) is 5.53 Å². The van der Waals surface area contributed by atoms with Crippen LogP contribution in [0.5, 0.6) is 5.75 Å². The van der Waals surface area contributed by atoms with Crippen LogP contribution in [0.1, 0.15) is 5.56 Å². The van der Waals surface area contributed by atoms with Gasteiger partial charge < -0.3 is 15.0 Å². The molecule has 0 aromatic heterocycles. The molecule has 0 radical (unpaired) electrons. The fourth-order valence-corrected chi connectivity index (χ4v) is 1.18. The molecule has 0 amide bonds. The Hall–Kier alpha value is -1.97. The highest BCUT2D eigenvalue weighted by atomic mass is 16.7. The summed E-state index contributed by atoms with van der Waals surface area (Å²) in [4.78, 5) is 13.8. The molecule has 0 fully saturated rings. The van der Waals surface area contributed by atoms with Crippen LogP contribution in [-0.4, -0.2) is 30.7 Å². The molecule has 0 spiro atoms. The van der Waals surface area contributed by atoms with Crippen molar-refractivity contribution in [2.45, 2.75) is 6.42 Å². The average molecular weight is 220 g/mol. The maximum atomic E-state index is 11.2. The van der Waals surface area contributed by atoms with E-state index in [-0.39, 0.29) is 19.0 Å². The first-order valence-corrected chi connectivity index (χ1v) is 4.67. The predicted octanol–water partition coefficient (Wildman–Crippen LogP) is 1.08. The molecule has 5 nitrogen and oxygen atoms in total. The Balaban J connectivity index is 2.66. The van der Waals surface area contributed by atoms with E-state index in [0.717, 1.165) is 11.8 Å². The van der Waals surface area contributed by atoms with E-state index in [0.29, 0.717) is 5.75 Å². The summed E-state index contributed by atoms with van der Waals surface area (Å²) in [5.74, 6) is 0.361. The molecule has 0 saturated heterocycles. The number of benzene rings is 1. The number of Topliss-reactive ketones (excluding diaryl/α,β-unsaturated/α-hetero) is 1. The first-order valence-electron chi connectivity index (χ1n) is 4.67. The molecule has 0 atom stereocenters. The van der Waals surface area contributed by atoms with Gasteiger partial charge in [0.25, 0.3) is 0 Å². The number of hydrogen-bond acceptors (Lipinski definition) is 3. The van der Waals surface area contributed by atoms with Crippen LogP contribution < -0.4 is 4.74 Å². The van der Waals surface area contributed by atoms with E-state index in [1.807, 2.05) is 0 Å². The van der Waals surface area contributed by atoms with Crippen molar-refractivity contribution in [1.29, 1.82) is 0 Å². The van der Waals surface area contributed by atoms with Crippen molar-refractivity contribution < 1.29 is 19.1 Å². The first kappa shape index (κ1) is 12.1. The fourth-order valence-electron chi connectivity index (χ4n) is 1.18. The quantitative estimate of drug-likeness (QED) is 0.311. The molecule has 0 bridgehead atoms. The van der Waals surface area contributed by atoms with Gasteiger partial charge in [0.1, 0.15) is 5.75 Å². The maximum absolute atomic E-state index is 11.2. The summed E-state index contributed by atoms with van der Waals surface area (Å²) >= 11 is 0. The third-order valence-corrected chi connectivity index (χ3v) is 1.82. The van der Waals surface area contributed by atoms with Crippen molar-refractivity contribution in [1.82, 2.24) is 0 Å². The fraction of sp³-hybridized carbons (Fsp3) is 0.273. The number of ether oxygens (including phenoxy) is 2. The van der Waals surface area contributed by atoms with E-state index < -0.39 is 0 Å². The van der Waals surface area contributed by atoms with E-state index in [2.05, 4.69) is 4.79 Å². The Labute approximate surface area is 93.2 Å². The minimum atomic E-state index is -0.272. The van der Waals surface area contributed by atoms with Gasteiger partial charge in [-0.25, -0.2) is 0 Å². The van der Waals surface area contributed by atoms with E-state index >= 15 is 0 Å². The third kappa shape index (κ3) is 4.04. The molecule has 1 aromatic carbocycles. The van der Waals surface area contributed by atoms with Crippen LogP contribution in [0.15, 0.2) is 24.3 Å². The molecule has 0 aliphatic carbocycles. The third-order valence-electron chi connectivity index (χ3n) is 1.82. The van der Waals surface area contributed by atoms with Crippen molar-refractivity contribution in [3.8, 4) is 5.75 Å². The molecule has 84 valence electrons. The van der Waals surface area contributed by atoms with Crippen LogP contribution in [0.3, 0.4) is 0 Å². The Morgan fingerprint density at radius 3 is 3.06 bits per heavy atom. The Kier molecular flexibility index (Phi) is 4.92. The SMILES string of the molecule is COCOc1cccc(CC(=O)C=[N+]=[N-])c1. The highest BCUT2D eigenvalue weighted by molar-refractivity contribution is 6.25. The number of methoxy groups -OCH3 is 1. The number of ketones is 1. The highest BCUT2D eigenvalue weighted by Gasteiger charge is 2.05. The monoisotopic (exact) mass is 220 g/mol. The van der Waals surface area contributed by atoms with Crippen molar-refractivity contribution in [3.63, 3.8) is 0 Å². The maximum Gasteiger partial charge on any atom is 0.323 e. The summed E-state index contributed by atoms with van der Waals surface area (Å²) < 4.78 is 9.98. The van der Waals surface area contributed by atoms with Gasteiger partial charge in [0.2, 0.25) is 5.78 Å². The zero-order valence-electron chi connectivity index (χ0n) is 8.92. The second kappa shape index (κ2) is 6.50. The van der Waals surface area contributed by atoms with Crippen molar-refractivity contribution in [3.05, 3.63) is 35.4 Å². The van der Waals surface area contributed by atoms with Gasteiger partial charge in [0.05, 0.1) is 0 Å². The van der Waals surface area contributed by atoms with Crippen molar-refractivity contribution in [2.24, 2.45) is 0 Å². The second-order valence-electron chi connectivity index (χ2n) is 3.09. The number of carbonyl (C=O) groups excluding carboxylic acids is 1. The van der Waals surface area contributed by atoms with Gasteiger partial charge in [0.15, 0.2) is 6.79 Å². The normalized spacial score (nSPS) is 9.31. The minimum absolute atomic E-state index is 0.162. The summed E-state index contributed by atoms with van der Waals surface area (Å²) in [6.45, 7) is 0.162. The zero-order chi connectivity index (χ0) is 11.8. The minimum Gasteiger partial charge on any atom is -0.468 e. The summed E-state index contributed by atoms with van der Waals surface area (Å²) in [7, 11) is 1.53. The Morgan fingerprint density at radius 1 is 1.56 bits per heavy atom. The van der Waals surface area contributed by atoms with Crippen LogP contribution in [-0.2, 0) is 16.0 Å². The number of rotatable bonds is 6. The summed E-state index contributed by atoms with van der Waals surface area (Å²) in [6.07, 6.45) is 1.05. The summed E-state index contributed by atoms with van der Waals surface area (Å²) in [6, 6.07) is 7.09. The van der Waals surface area contributed by atoms with Gasteiger partial charge in [-0.15, -0.1) is 0 Å². The lowest BCUT2D eigenvalue weighted by Crippen LogP contribution is -2.05. The molecule has 5 heteroatoms.